The van der Waals surface area contributed by atoms with Gasteiger partial charge in [-0.25, -0.2) is 9.78 Å². The zero-order valence-corrected chi connectivity index (χ0v) is 10.8. The largest absolute Gasteiger partial charge is 0.506 e. The molecule has 20 heavy (non-hydrogen) atoms. The topological polar surface area (TPSA) is 94.0 Å². The maximum Gasteiger partial charge on any atom is 0.407 e. The van der Waals surface area contributed by atoms with Crippen molar-refractivity contribution in [2.24, 2.45) is 11.8 Å². The van der Waals surface area contributed by atoms with Gasteiger partial charge in [-0.3, -0.25) is 4.79 Å². The van der Waals surface area contributed by atoms with Crippen LogP contribution >= 0.6 is 0 Å². The van der Waals surface area contributed by atoms with Crippen molar-refractivity contribution in [1.82, 2.24) is 14.8 Å². The molecule has 106 valence electrons. The Balaban J connectivity index is 1.66. The van der Waals surface area contributed by atoms with Crippen LogP contribution in [0.15, 0.2) is 18.3 Å². The predicted octanol–water partition coefficient (Wildman–Crippen LogP) is 0.469. The molecular formula is C13H15N3O4. The zero-order valence-electron chi connectivity index (χ0n) is 10.8. The monoisotopic (exact) mass is 277 g/mol. The lowest BCUT2D eigenvalue weighted by atomic mass is 10.0. The van der Waals surface area contributed by atoms with E-state index in [9.17, 15) is 9.59 Å². The number of aromatic hydroxyl groups is 1. The van der Waals surface area contributed by atoms with E-state index in [-0.39, 0.29) is 23.5 Å². The SMILES string of the molecule is O=C(O)N1C[C@@H]2CN(C(=O)c3ccc(O)cn3)C[C@@H]2C1. The van der Waals surface area contributed by atoms with Gasteiger partial charge in [0.2, 0.25) is 0 Å². The first-order valence-electron chi connectivity index (χ1n) is 6.47. The number of carbonyl (C=O) groups is 2. The number of rotatable bonds is 1. The molecule has 0 bridgehead atoms. The molecule has 2 atom stereocenters. The number of likely N-dealkylation sites (tertiary alicyclic amines) is 2. The number of hydrogen-bond acceptors (Lipinski definition) is 4. The van der Waals surface area contributed by atoms with E-state index in [0.717, 1.165) is 0 Å². The molecule has 3 heterocycles. The first-order valence-corrected chi connectivity index (χ1v) is 6.47. The van der Waals surface area contributed by atoms with E-state index in [4.69, 9.17) is 10.2 Å². The third-order valence-corrected chi connectivity index (χ3v) is 4.01. The average Bonchev–Trinajstić information content (AvgIpc) is 2.96. The minimum atomic E-state index is -0.891. The lowest BCUT2D eigenvalue weighted by Gasteiger charge is -2.19. The molecule has 0 aromatic carbocycles. The Morgan fingerprint density at radius 2 is 1.70 bits per heavy atom. The summed E-state index contributed by atoms with van der Waals surface area (Å²) in [4.78, 5) is 30.2. The number of aromatic nitrogens is 1. The van der Waals surface area contributed by atoms with E-state index in [0.29, 0.717) is 31.9 Å². The maximum absolute atomic E-state index is 12.3. The van der Waals surface area contributed by atoms with Crippen LogP contribution < -0.4 is 0 Å². The summed E-state index contributed by atoms with van der Waals surface area (Å²) in [6, 6.07) is 2.93. The summed E-state index contributed by atoms with van der Waals surface area (Å²) in [5.41, 5.74) is 0.304. The molecule has 2 fully saturated rings. The molecule has 0 radical (unpaired) electrons. The van der Waals surface area contributed by atoms with Crippen molar-refractivity contribution in [3.63, 3.8) is 0 Å². The van der Waals surface area contributed by atoms with Crippen LogP contribution in [0, 0.1) is 11.8 Å². The van der Waals surface area contributed by atoms with Gasteiger partial charge >= 0.3 is 6.09 Å². The summed E-state index contributed by atoms with van der Waals surface area (Å²) in [6.45, 7) is 2.12. The number of fused-ring (bicyclic) bond motifs is 1. The van der Waals surface area contributed by atoms with Gasteiger partial charge in [-0.05, 0) is 12.1 Å². The van der Waals surface area contributed by atoms with Crippen molar-refractivity contribution >= 4 is 12.0 Å². The van der Waals surface area contributed by atoms with Gasteiger partial charge in [0, 0.05) is 38.0 Å². The standard InChI is InChI=1S/C13H15N3O4/c17-10-1-2-11(14-3-10)12(18)15-4-8-6-16(13(19)20)7-9(8)5-15/h1-3,8-9,17H,4-7H2,(H,19,20)/t8-,9+. The normalized spacial score (nSPS) is 24.8. The molecule has 0 unspecified atom stereocenters. The van der Waals surface area contributed by atoms with Gasteiger partial charge in [-0.2, -0.15) is 0 Å². The van der Waals surface area contributed by atoms with Crippen LogP contribution in [0.5, 0.6) is 5.75 Å². The highest BCUT2D eigenvalue weighted by Gasteiger charge is 2.43. The smallest absolute Gasteiger partial charge is 0.407 e. The average molecular weight is 277 g/mol. The first kappa shape index (κ1) is 12.7. The molecule has 2 N–H and O–H groups in total. The molecule has 2 aliphatic heterocycles. The molecule has 7 heteroatoms. The highest BCUT2D eigenvalue weighted by atomic mass is 16.4. The van der Waals surface area contributed by atoms with Crippen LogP contribution in [0.25, 0.3) is 0 Å². The number of nitrogens with zero attached hydrogens (tertiary/aromatic N) is 3. The van der Waals surface area contributed by atoms with Gasteiger partial charge in [-0.1, -0.05) is 0 Å². The fraction of sp³-hybridized carbons (Fsp3) is 0.462. The van der Waals surface area contributed by atoms with E-state index >= 15 is 0 Å². The molecular weight excluding hydrogens is 262 g/mol. The van der Waals surface area contributed by atoms with Crippen molar-refractivity contribution in [2.45, 2.75) is 0 Å². The van der Waals surface area contributed by atoms with Crippen LogP contribution in [0.4, 0.5) is 4.79 Å². The minimum absolute atomic E-state index is 0.0249. The van der Waals surface area contributed by atoms with E-state index in [2.05, 4.69) is 4.98 Å². The molecule has 2 amide bonds. The van der Waals surface area contributed by atoms with Gasteiger partial charge < -0.3 is 20.0 Å². The van der Waals surface area contributed by atoms with Gasteiger partial charge in [0.1, 0.15) is 11.4 Å². The fourth-order valence-corrected chi connectivity index (χ4v) is 2.99. The van der Waals surface area contributed by atoms with Gasteiger partial charge in [0.25, 0.3) is 5.91 Å². The molecule has 2 saturated heterocycles. The quantitative estimate of drug-likeness (QED) is 0.778. The minimum Gasteiger partial charge on any atom is -0.506 e. The van der Waals surface area contributed by atoms with Crippen LogP contribution in [-0.2, 0) is 0 Å². The van der Waals surface area contributed by atoms with Crippen LogP contribution in [-0.4, -0.2) is 63.2 Å². The Hall–Kier alpha value is -2.31. The lowest BCUT2D eigenvalue weighted by Crippen LogP contribution is -2.35. The number of carbonyl (C=O) groups excluding carboxylic acids is 1. The van der Waals surface area contributed by atoms with E-state index < -0.39 is 6.09 Å². The Labute approximate surface area is 115 Å². The first-order chi connectivity index (χ1) is 9.54. The summed E-state index contributed by atoms with van der Waals surface area (Å²) in [5, 5.41) is 18.1. The molecule has 7 nitrogen and oxygen atoms in total. The van der Waals surface area contributed by atoms with Crippen molar-refractivity contribution in [3.8, 4) is 5.75 Å². The Morgan fingerprint density at radius 1 is 1.10 bits per heavy atom. The second-order valence-electron chi connectivity index (χ2n) is 5.32. The number of carboxylic acid groups (broad SMARTS) is 1. The molecule has 1 aromatic rings. The second kappa shape index (κ2) is 4.66. The summed E-state index contributed by atoms with van der Waals surface area (Å²) >= 11 is 0. The third kappa shape index (κ3) is 2.15. The zero-order chi connectivity index (χ0) is 14.3. The van der Waals surface area contributed by atoms with Crippen molar-refractivity contribution in [1.29, 1.82) is 0 Å². The van der Waals surface area contributed by atoms with E-state index in [1.807, 2.05) is 0 Å². The van der Waals surface area contributed by atoms with Crippen LogP contribution in [0.2, 0.25) is 0 Å². The van der Waals surface area contributed by atoms with Crippen molar-refractivity contribution < 1.29 is 19.8 Å². The summed E-state index contributed by atoms with van der Waals surface area (Å²) in [6.07, 6.45) is 0.355. The highest BCUT2D eigenvalue weighted by Crippen LogP contribution is 2.31. The maximum atomic E-state index is 12.3. The molecule has 0 saturated carbocycles. The molecule has 0 aliphatic carbocycles. The van der Waals surface area contributed by atoms with E-state index in [1.165, 1.54) is 23.2 Å². The fourth-order valence-electron chi connectivity index (χ4n) is 2.99. The summed E-state index contributed by atoms with van der Waals surface area (Å²) < 4.78 is 0. The summed E-state index contributed by atoms with van der Waals surface area (Å²) in [5.74, 6) is 0.289. The van der Waals surface area contributed by atoms with Gasteiger partial charge in [0.15, 0.2) is 0 Å². The molecule has 2 aliphatic rings. The highest BCUT2D eigenvalue weighted by molar-refractivity contribution is 5.92. The number of amides is 2. The molecule has 0 spiro atoms. The lowest BCUT2D eigenvalue weighted by molar-refractivity contribution is 0.0768. The second-order valence-corrected chi connectivity index (χ2v) is 5.32. The Bertz CT molecular complexity index is 531. The van der Waals surface area contributed by atoms with Crippen molar-refractivity contribution in [3.05, 3.63) is 24.0 Å². The van der Waals surface area contributed by atoms with Crippen LogP contribution in [0.1, 0.15) is 10.5 Å². The third-order valence-electron chi connectivity index (χ3n) is 4.01. The Morgan fingerprint density at radius 3 is 2.20 bits per heavy atom. The van der Waals surface area contributed by atoms with Crippen molar-refractivity contribution in [2.75, 3.05) is 26.2 Å². The molecule has 3 rings (SSSR count). The van der Waals surface area contributed by atoms with E-state index in [1.54, 1.807) is 4.90 Å². The van der Waals surface area contributed by atoms with Gasteiger partial charge in [-0.15, -0.1) is 0 Å². The van der Waals surface area contributed by atoms with Crippen LogP contribution in [0.3, 0.4) is 0 Å². The predicted molar refractivity (Wildman–Crippen MR) is 68.4 cm³/mol. The number of pyridine rings is 1. The molecule has 1 aromatic heterocycles. The van der Waals surface area contributed by atoms with Gasteiger partial charge in [0.05, 0.1) is 6.20 Å². The Kier molecular flexibility index (Phi) is 2.96. The summed E-state index contributed by atoms with van der Waals surface area (Å²) in [7, 11) is 0. The number of hydrogen-bond donors (Lipinski definition) is 2.